The van der Waals surface area contributed by atoms with Crippen LogP contribution in [0.25, 0.3) is 0 Å². The van der Waals surface area contributed by atoms with Crippen molar-refractivity contribution in [2.24, 2.45) is 5.73 Å². The molecule has 0 fully saturated rings. The summed E-state index contributed by atoms with van der Waals surface area (Å²) in [5.74, 6) is -0.976. The summed E-state index contributed by atoms with van der Waals surface area (Å²) in [4.78, 5) is 14.4. The maximum Gasteiger partial charge on any atom is 0.264 e. The molecule has 14 heavy (non-hydrogen) atoms. The molecule has 0 aliphatic heterocycles. The lowest BCUT2D eigenvalue weighted by atomic mass is 10.1. The van der Waals surface area contributed by atoms with Crippen LogP contribution in [0.2, 0.25) is 5.15 Å². The first-order valence-electron chi connectivity index (χ1n) is 3.37. The number of nitrogens with zero attached hydrogens (tertiary/aromatic N) is 1. The molecule has 76 valence electrons. The highest BCUT2D eigenvalue weighted by Gasteiger charge is 2.21. The Bertz CT molecular complexity index is 386. The summed E-state index contributed by atoms with van der Waals surface area (Å²) in [6, 6.07) is 0.914. The molecule has 1 amide bonds. The molecule has 3 nitrogen and oxygen atoms in total. The monoisotopic (exact) mass is 284 g/mol. The lowest BCUT2D eigenvalue weighted by Crippen LogP contribution is -2.15. The molecule has 1 rings (SSSR count). The minimum Gasteiger partial charge on any atom is -0.366 e. The normalized spacial score (nSPS) is 10.6. The third-order valence-electron chi connectivity index (χ3n) is 1.46. The molecule has 0 saturated carbocycles. The molecule has 2 N–H and O–H groups in total. The summed E-state index contributed by atoms with van der Waals surface area (Å²) in [5, 5.41) is -0.128. The zero-order valence-electron chi connectivity index (χ0n) is 6.60. The van der Waals surface area contributed by atoms with Gasteiger partial charge >= 0.3 is 0 Å². The van der Waals surface area contributed by atoms with Crippen molar-refractivity contribution in [3.63, 3.8) is 0 Å². The van der Waals surface area contributed by atoms with Crippen molar-refractivity contribution < 1.29 is 13.6 Å². The second-order valence-electron chi connectivity index (χ2n) is 2.36. The standard InChI is InChI=1S/C7H4BrClF2N2O/c8-5-4(7(12)14)2(6(10)11)1-3(9)13-5/h1,6H,(H2,12,14). The smallest absolute Gasteiger partial charge is 0.264 e. The Morgan fingerprint density at radius 1 is 1.64 bits per heavy atom. The number of nitrogens with two attached hydrogens (primary N) is 1. The number of hydrogen-bond donors (Lipinski definition) is 1. The van der Waals surface area contributed by atoms with E-state index in [4.69, 9.17) is 17.3 Å². The second kappa shape index (κ2) is 4.18. The number of pyridine rings is 1. The predicted octanol–water partition coefficient (Wildman–Crippen LogP) is 2.53. The summed E-state index contributed by atoms with van der Waals surface area (Å²) < 4.78 is 24.8. The Labute approximate surface area is 91.4 Å². The van der Waals surface area contributed by atoms with E-state index in [-0.39, 0.29) is 15.3 Å². The highest BCUT2D eigenvalue weighted by Crippen LogP contribution is 2.29. The van der Waals surface area contributed by atoms with Crippen molar-refractivity contribution in [1.29, 1.82) is 0 Å². The van der Waals surface area contributed by atoms with Gasteiger partial charge in [-0.15, -0.1) is 0 Å². The van der Waals surface area contributed by atoms with Gasteiger partial charge in [-0.25, -0.2) is 13.8 Å². The zero-order chi connectivity index (χ0) is 10.9. The molecule has 1 aromatic heterocycles. The first kappa shape index (κ1) is 11.3. The fourth-order valence-corrected chi connectivity index (χ4v) is 1.84. The molecule has 0 unspecified atom stereocenters. The highest BCUT2D eigenvalue weighted by atomic mass is 79.9. The Morgan fingerprint density at radius 3 is 2.64 bits per heavy atom. The van der Waals surface area contributed by atoms with Gasteiger partial charge in [0, 0.05) is 5.56 Å². The van der Waals surface area contributed by atoms with Crippen molar-refractivity contribution >= 4 is 33.4 Å². The van der Waals surface area contributed by atoms with Crippen LogP contribution in [0.5, 0.6) is 0 Å². The summed E-state index contributed by atoms with van der Waals surface area (Å²) in [5.41, 5.74) is 4.05. The van der Waals surface area contributed by atoms with Crippen LogP contribution < -0.4 is 5.73 Å². The number of hydrogen-bond acceptors (Lipinski definition) is 2. The fraction of sp³-hybridized carbons (Fsp3) is 0.143. The van der Waals surface area contributed by atoms with E-state index in [0.717, 1.165) is 6.07 Å². The summed E-state index contributed by atoms with van der Waals surface area (Å²) >= 11 is 8.28. The molecule has 0 aromatic carbocycles. The van der Waals surface area contributed by atoms with E-state index in [9.17, 15) is 13.6 Å². The lowest BCUT2D eigenvalue weighted by molar-refractivity contribution is 0.0984. The molecule has 1 heterocycles. The van der Waals surface area contributed by atoms with Crippen molar-refractivity contribution in [3.05, 3.63) is 26.9 Å². The van der Waals surface area contributed by atoms with E-state index < -0.39 is 17.9 Å². The minimum atomic E-state index is -2.82. The molecule has 1 aromatic rings. The topological polar surface area (TPSA) is 56.0 Å². The average molecular weight is 285 g/mol. The van der Waals surface area contributed by atoms with E-state index in [2.05, 4.69) is 20.9 Å². The van der Waals surface area contributed by atoms with Crippen molar-refractivity contribution in [1.82, 2.24) is 4.98 Å². The maximum absolute atomic E-state index is 12.4. The average Bonchev–Trinajstić information content (AvgIpc) is 2.01. The van der Waals surface area contributed by atoms with Crippen LogP contribution in [0.15, 0.2) is 10.7 Å². The molecule has 0 spiro atoms. The second-order valence-corrected chi connectivity index (χ2v) is 3.50. The largest absolute Gasteiger partial charge is 0.366 e. The SMILES string of the molecule is NC(=O)c1c(C(F)F)cc(Cl)nc1Br. The quantitative estimate of drug-likeness (QED) is 0.849. The van der Waals surface area contributed by atoms with Gasteiger partial charge in [0.25, 0.3) is 12.3 Å². The number of rotatable bonds is 2. The number of primary amides is 1. The van der Waals surface area contributed by atoms with Crippen LogP contribution in [0, 0.1) is 0 Å². The summed E-state index contributed by atoms with van der Waals surface area (Å²) in [7, 11) is 0. The Morgan fingerprint density at radius 2 is 2.21 bits per heavy atom. The fourth-order valence-electron chi connectivity index (χ4n) is 0.918. The van der Waals surface area contributed by atoms with Gasteiger partial charge in [0.2, 0.25) is 0 Å². The molecule has 0 atom stereocenters. The maximum atomic E-state index is 12.4. The van der Waals surface area contributed by atoms with Crippen LogP contribution in [0.3, 0.4) is 0 Å². The Hall–Kier alpha value is -0.750. The van der Waals surface area contributed by atoms with Crippen molar-refractivity contribution in [2.75, 3.05) is 0 Å². The number of alkyl halides is 2. The van der Waals surface area contributed by atoms with E-state index in [1.165, 1.54) is 0 Å². The third kappa shape index (κ3) is 2.19. The number of halogens is 4. The molecular weight excluding hydrogens is 281 g/mol. The van der Waals surface area contributed by atoms with Crippen molar-refractivity contribution in [3.8, 4) is 0 Å². The number of aromatic nitrogens is 1. The van der Waals surface area contributed by atoms with Crippen molar-refractivity contribution in [2.45, 2.75) is 6.43 Å². The molecule has 0 saturated heterocycles. The zero-order valence-corrected chi connectivity index (χ0v) is 8.94. The molecule has 0 aliphatic carbocycles. The van der Waals surface area contributed by atoms with E-state index in [0.29, 0.717) is 0 Å². The number of carbonyl (C=O) groups is 1. The first-order chi connectivity index (χ1) is 6.43. The number of amides is 1. The number of carbonyl (C=O) groups excluding carboxylic acids is 1. The van der Waals surface area contributed by atoms with Gasteiger partial charge in [-0.2, -0.15) is 0 Å². The van der Waals surface area contributed by atoms with E-state index in [1.54, 1.807) is 0 Å². The van der Waals surface area contributed by atoms with E-state index in [1.807, 2.05) is 0 Å². The Balaban J connectivity index is 3.44. The first-order valence-corrected chi connectivity index (χ1v) is 4.54. The van der Waals surface area contributed by atoms with Gasteiger partial charge < -0.3 is 5.73 Å². The summed E-state index contributed by atoms with van der Waals surface area (Å²) in [6.45, 7) is 0. The van der Waals surface area contributed by atoms with Gasteiger partial charge in [-0.05, 0) is 22.0 Å². The van der Waals surface area contributed by atoms with Gasteiger partial charge in [-0.1, -0.05) is 11.6 Å². The van der Waals surface area contributed by atoms with Gasteiger partial charge in [0.15, 0.2) is 0 Å². The van der Waals surface area contributed by atoms with Crippen LogP contribution in [0.1, 0.15) is 22.3 Å². The molecular formula is C7H4BrClF2N2O. The van der Waals surface area contributed by atoms with Crippen LogP contribution in [0.4, 0.5) is 8.78 Å². The Kier molecular flexibility index (Phi) is 3.38. The molecule has 0 radical (unpaired) electrons. The minimum absolute atomic E-state index is 0.0761. The summed E-state index contributed by atoms with van der Waals surface area (Å²) in [6.07, 6.45) is -2.82. The molecule has 0 bridgehead atoms. The van der Waals surface area contributed by atoms with Crippen LogP contribution in [-0.4, -0.2) is 10.9 Å². The van der Waals surface area contributed by atoms with Crippen LogP contribution >= 0.6 is 27.5 Å². The van der Waals surface area contributed by atoms with Gasteiger partial charge in [0.1, 0.15) is 9.76 Å². The highest BCUT2D eigenvalue weighted by molar-refractivity contribution is 9.10. The lowest BCUT2D eigenvalue weighted by Gasteiger charge is -2.07. The van der Waals surface area contributed by atoms with Crippen LogP contribution in [-0.2, 0) is 0 Å². The van der Waals surface area contributed by atoms with Gasteiger partial charge in [-0.3, -0.25) is 4.79 Å². The molecule has 0 aliphatic rings. The van der Waals surface area contributed by atoms with Gasteiger partial charge in [0.05, 0.1) is 5.56 Å². The third-order valence-corrected chi connectivity index (χ3v) is 2.22. The predicted molar refractivity (Wildman–Crippen MR) is 50.4 cm³/mol. The molecule has 7 heteroatoms. The van der Waals surface area contributed by atoms with E-state index >= 15 is 0 Å².